The van der Waals surface area contributed by atoms with Crippen molar-refractivity contribution in [2.45, 2.75) is 57.5 Å². The summed E-state index contributed by atoms with van der Waals surface area (Å²) < 4.78 is 0. The zero-order valence-corrected chi connectivity index (χ0v) is 19.2. The number of aliphatic hydroxyl groups is 1. The van der Waals surface area contributed by atoms with E-state index >= 15 is 0 Å². The molecule has 0 aromatic heterocycles. The fraction of sp³-hybridized carbons (Fsp3) is 0.524. The summed E-state index contributed by atoms with van der Waals surface area (Å²) >= 11 is 4.06. The average Bonchev–Trinajstić information content (AvgIpc) is 2.74. The number of carboxylic acid groups (broad SMARTS) is 1. The van der Waals surface area contributed by atoms with Gasteiger partial charge in [0.25, 0.3) is 0 Å². The first-order valence-electron chi connectivity index (χ1n) is 10.2. The Morgan fingerprint density at radius 3 is 1.97 bits per heavy atom. The van der Waals surface area contributed by atoms with Crippen molar-refractivity contribution < 1.29 is 29.4 Å². The molecule has 0 saturated heterocycles. The second-order valence-corrected chi connectivity index (χ2v) is 8.19. The van der Waals surface area contributed by atoms with E-state index in [1.54, 1.807) is 44.2 Å². The van der Waals surface area contributed by atoms with Crippen molar-refractivity contribution in [2.75, 3.05) is 5.75 Å². The highest BCUT2D eigenvalue weighted by Crippen LogP contribution is 2.05. The highest BCUT2D eigenvalue weighted by atomic mass is 32.1. The van der Waals surface area contributed by atoms with Gasteiger partial charge in [-0.05, 0) is 18.4 Å². The summed E-state index contributed by atoms with van der Waals surface area (Å²) in [6.45, 7) is 4.78. The van der Waals surface area contributed by atoms with Gasteiger partial charge in [-0.1, -0.05) is 44.2 Å². The summed E-state index contributed by atoms with van der Waals surface area (Å²) in [6, 6.07) is 4.04. The van der Waals surface area contributed by atoms with Gasteiger partial charge >= 0.3 is 5.97 Å². The Morgan fingerprint density at radius 2 is 1.50 bits per heavy atom. The molecule has 32 heavy (non-hydrogen) atoms. The number of rotatable bonds is 12. The number of nitrogens with two attached hydrogens (primary N) is 1. The number of hydrogen-bond acceptors (Lipinski definition) is 7. The van der Waals surface area contributed by atoms with Crippen LogP contribution in [0.25, 0.3) is 0 Å². The summed E-state index contributed by atoms with van der Waals surface area (Å²) in [7, 11) is 0. The van der Waals surface area contributed by atoms with Gasteiger partial charge in [0, 0.05) is 12.2 Å². The van der Waals surface area contributed by atoms with Gasteiger partial charge in [0.2, 0.25) is 17.7 Å². The van der Waals surface area contributed by atoms with Crippen LogP contribution < -0.4 is 21.7 Å². The predicted octanol–water partition coefficient (Wildman–Crippen LogP) is -0.938. The van der Waals surface area contributed by atoms with Crippen molar-refractivity contribution in [3.8, 4) is 0 Å². The molecule has 7 N–H and O–H groups in total. The molecular weight excluding hydrogens is 436 g/mol. The Kier molecular flexibility index (Phi) is 11.2. The van der Waals surface area contributed by atoms with Crippen molar-refractivity contribution in [3.63, 3.8) is 0 Å². The molecule has 0 heterocycles. The minimum absolute atomic E-state index is 0.0187. The van der Waals surface area contributed by atoms with E-state index in [2.05, 4.69) is 28.6 Å². The number of thiol groups is 1. The number of carbonyl (C=O) groups excluding carboxylic acids is 3. The summed E-state index contributed by atoms with van der Waals surface area (Å²) in [6.07, 6.45) is -1.32. The first kappa shape index (κ1) is 27.4. The summed E-state index contributed by atoms with van der Waals surface area (Å²) in [4.78, 5) is 49.1. The fourth-order valence-electron chi connectivity index (χ4n) is 2.74. The minimum Gasteiger partial charge on any atom is -0.480 e. The molecule has 0 aliphatic heterocycles. The van der Waals surface area contributed by atoms with Gasteiger partial charge < -0.3 is 31.9 Å². The topological polar surface area (TPSA) is 171 Å². The lowest BCUT2D eigenvalue weighted by Gasteiger charge is -2.26. The molecule has 1 aromatic rings. The fourth-order valence-corrected chi connectivity index (χ4v) is 2.99. The van der Waals surface area contributed by atoms with Crippen LogP contribution in [0.3, 0.4) is 0 Å². The van der Waals surface area contributed by atoms with Gasteiger partial charge in [-0.25, -0.2) is 4.79 Å². The Balaban J connectivity index is 2.87. The Labute approximate surface area is 192 Å². The van der Waals surface area contributed by atoms with Crippen molar-refractivity contribution in [1.29, 1.82) is 0 Å². The molecule has 5 unspecified atom stereocenters. The van der Waals surface area contributed by atoms with Gasteiger partial charge in [0.15, 0.2) is 0 Å². The number of carbonyl (C=O) groups is 4. The van der Waals surface area contributed by atoms with Crippen LogP contribution >= 0.6 is 12.6 Å². The van der Waals surface area contributed by atoms with Gasteiger partial charge in [-0.2, -0.15) is 12.6 Å². The maximum Gasteiger partial charge on any atom is 0.326 e. The molecule has 0 saturated carbocycles. The molecule has 0 fully saturated rings. The van der Waals surface area contributed by atoms with Crippen LogP contribution in [0.4, 0.5) is 0 Å². The number of aliphatic hydroxyl groups excluding tert-OH is 1. The average molecular weight is 469 g/mol. The van der Waals surface area contributed by atoms with E-state index in [4.69, 9.17) is 5.73 Å². The third-order valence-electron chi connectivity index (χ3n) is 4.80. The number of carboxylic acids is 1. The number of benzene rings is 1. The van der Waals surface area contributed by atoms with E-state index in [0.717, 1.165) is 0 Å². The van der Waals surface area contributed by atoms with Gasteiger partial charge in [0.1, 0.15) is 18.1 Å². The summed E-state index contributed by atoms with van der Waals surface area (Å²) in [5, 5.41) is 26.7. The van der Waals surface area contributed by atoms with Crippen molar-refractivity contribution in [3.05, 3.63) is 35.9 Å². The van der Waals surface area contributed by atoms with Crippen LogP contribution in [0, 0.1) is 5.92 Å². The maximum atomic E-state index is 12.7. The summed E-state index contributed by atoms with van der Waals surface area (Å²) in [5.41, 5.74) is 6.47. The molecule has 3 amide bonds. The molecule has 0 bridgehead atoms. The molecule has 1 rings (SSSR count). The van der Waals surface area contributed by atoms with E-state index < -0.39 is 54.0 Å². The molecular formula is C21H32N4O6S. The Hall–Kier alpha value is -2.63. The standard InChI is InChI=1S/C21H32N4O6S/c1-11(2)16(22)19(28)24-15(10-32)18(27)25-17(12(3)26)20(29)23-14(21(30)31)9-13-7-5-4-6-8-13/h4-8,11-12,14-17,26,32H,9-10,22H2,1-3H3,(H,23,29)(H,24,28)(H,25,27)(H,30,31). The number of aliphatic carboxylic acids is 1. The van der Waals surface area contributed by atoms with Crippen LogP contribution in [0.1, 0.15) is 26.3 Å². The van der Waals surface area contributed by atoms with Gasteiger partial charge in [-0.3, -0.25) is 14.4 Å². The minimum atomic E-state index is -1.45. The maximum absolute atomic E-state index is 12.7. The zero-order chi connectivity index (χ0) is 24.4. The van der Waals surface area contributed by atoms with Crippen LogP contribution in [-0.2, 0) is 25.6 Å². The zero-order valence-electron chi connectivity index (χ0n) is 18.3. The number of amides is 3. The number of nitrogens with one attached hydrogen (secondary N) is 3. The van der Waals surface area contributed by atoms with Crippen LogP contribution in [-0.4, -0.2) is 69.9 Å². The molecule has 0 spiro atoms. The molecule has 0 radical (unpaired) electrons. The lowest BCUT2D eigenvalue weighted by atomic mass is 10.0. The van der Waals surface area contributed by atoms with Crippen LogP contribution in [0.15, 0.2) is 30.3 Å². The van der Waals surface area contributed by atoms with Crippen LogP contribution in [0.5, 0.6) is 0 Å². The first-order chi connectivity index (χ1) is 15.0. The summed E-state index contributed by atoms with van der Waals surface area (Å²) in [5.74, 6) is -3.70. The Bertz CT molecular complexity index is 790. The second-order valence-electron chi connectivity index (χ2n) is 7.83. The molecule has 1 aromatic carbocycles. The van der Waals surface area contributed by atoms with E-state index in [1.165, 1.54) is 6.92 Å². The lowest BCUT2D eigenvalue weighted by molar-refractivity contribution is -0.143. The molecule has 11 heteroatoms. The molecule has 5 atom stereocenters. The number of hydrogen-bond donors (Lipinski definition) is 7. The quantitative estimate of drug-likeness (QED) is 0.194. The highest BCUT2D eigenvalue weighted by Gasteiger charge is 2.32. The third-order valence-corrected chi connectivity index (χ3v) is 5.16. The smallest absolute Gasteiger partial charge is 0.326 e. The largest absolute Gasteiger partial charge is 0.480 e. The van der Waals surface area contributed by atoms with Crippen LogP contribution in [0.2, 0.25) is 0 Å². The third kappa shape index (κ3) is 8.48. The molecule has 0 aliphatic rings. The SMILES string of the molecule is CC(C)C(N)C(=O)NC(CS)C(=O)NC(C(=O)NC(Cc1ccccc1)C(=O)O)C(C)O. The van der Waals surface area contributed by atoms with E-state index in [0.29, 0.717) is 5.56 Å². The normalized spacial score (nSPS) is 15.7. The van der Waals surface area contributed by atoms with Crippen molar-refractivity contribution in [1.82, 2.24) is 16.0 Å². The van der Waals surface area contributed by atoms with Crippen molar-refractivity contribution >= 4 is 36.3 Å². The van der Waals surface area contributed by atoms with E-state index in [9.17, 15) is 29.4 Å². The lowest BCUT2D eigenvalue weighted by Crippen LogP contribution is -2.60. The van der Waals surface area contributed by atoms with Crippen molar-refractivity contribution in [2.24, 2.45) is 11.7 Å². The second kappa shape index (κ2) is 13.0. The molecule has 0 aliphatic carbocycles. The predicted molar refractivity (Wildman–Crippen MR) is 122 cm³/mol. The first-order valence-corrected chi connectivity index (χ1v) is 10.8. The monoisotopic (exact) mass is 468 g/mol. The van der Waals surface area contributed by atoms with Gasteiger partial charge in [-0.15, -0.1) is 0 Å². The molecule has 178 valence electrons. The molecule has 10 nitrogen and oxygen atoms in total. The Morgan fingerprint density at radius 1 is 0.938 bits per heavy atom. The van der Waals surface area contributed by atoms with E-state index in [1.807, 2.05) is 0 Å². The highest BCUT2D eigenvalue weighted by molar-refractivity contribution is 7.80. The van der Waals surface area contributed by atoms with E-state index in [-0.39, 0.29) is 18.1 Å². The van der Waals surface area contributed by atoms with Gasteiger partial charge in [0.05, 0.1) is 12.1 Å².